The lowest BCUT2D eigenvalue weighted by Crippen LogP contribution is -2.23. The fourth-order valence-electron chi connectivity index (χ4n) is 1.56. The highest BCUT2D eigenvalue weighted by Gasteiger charge is 2.33. The molecule has 0 bridgehead atoms. The van der Waals surface area contributed by atoms with Gasteiger partial charge < -0.3 is 4.90 Å². The summed E-state index contributed by atoms with van der Waals surface area (Å²) in [7, 11) is 0. The second-order valence-electron chi connectivity index (χ2n) is 3.57. The van der Waals surface area contributed by atoms with Crippen LogP contribution in [0.1, 0.15) is 12.1 Å². The maximum atomic E-state index is 12.4. The van der Waals surface area contributed by atoms with Crippen molar-refractivity contribution in [3.8, 4) is 0 Å². The van der Waals surface area contributed by atoms with Crippen molar-refractivity contribution in [2.75, 3.05) is 18.0 Å². The van der Waals surface area contributed by atoms with E-state index in [0.717, 1.165) is 18.7 Å². The van der Waals surface area contributed by atoms with Gasteiger partial charge in [-0.2, -0.15) is 13.2 Å². The Hall–Kier alpha value is -1.04. The summed E-state index contributed by atoms with van der Waals surface area (Å²) in [4.78, 5) is 8.98. The van der Waals surface area contributed by atoms with Crippen LogP contribution in [0.2, 0.25) is 0 Å². The largest absolute Gasteiger partial charge is 0.433 e. The number of hydrogen-bond donors (Lipinski definition) is 0. The minimum atomic E-state index is -4.43. The van der Waals surface area contributed by atoms with E-state index < -0.39 is 11.9 Å². The van der Waals surface area contributed by atoms with Gasteiger partial charge in [-0.15, -0.1) is 11.6 Å². The van der Waals surface area contributed by atoms with Crippen molar-refractivity contribution in [1.82, 2.24) is 9.97 Å². The average molecular weight is 252 g/mol. The molecule has 1 unspecified atom stereocenters. The molecule has 7 heteroatoms. The second-order valence-corrected chi connectivity index (χ2v) is 4.19. The van der Waals surface area contributed by atoms with Crippen molar-refractivity contribution >= 4 is 17.5 Å². The summed E-state index contributed by atoms with van der Waals surface area (Å²) in [5.74, 6) is 0.0953. The summed E-state index contributed by atoms with van der Waals surface area (Å²) in [6.45, 7) is 1.08. The van der Waals surface area contributed by atoms with Crippen LogP contribution >= 0.6 is 11.6 Å². The molecule has 1 atom stereocenters. The standard InChI is InChI=1S/C9H9ClF3N3/c10-6-2-4-16(5-6)8-14-3-1-7(15-8)9(11,12)13/h1,3,6H,2,4-5H2. The van der Waals surface area contributed by atoms with E-state index in [4.69, 9.17) is 11.6 Å². The zero-order chi connectivity index (χ0) is 11.8. The summed E-state index contributed by atoms with van der Waals surface area (Å²) in [6, 6.07) is 0.859. The van der Waals surface area contributed by atoms with Gasteiger partial charge in [0.05, 0.1) is 5.38 Å². The molecule has 0 spiro atoms. The molecule has 1 aromatic rings. The van der Waals surface area contributed by atoms with E-state index in [9.17, 15) is 13.2 Å². The second kappa shape index (κ2) is 4.08. The molecule has 0 radical (unpaired) electrons. The van der Waals surface area contributed by atoms with Crippen molar-refractivity contribution in [1.29, 1.82) is 0 Å². The first-order valence-electron chi connectivity index (χ1n) is 4.76. The number of halogens is 4. The Morgan fingerprint density at radius 1 is 1.44 bits per heavy atom. The number of aromatic nitrogens is 2. The molecular formula is C9H9ClF3N3. The molecule has 0 amide bonds. The van der Waals surface area contributed by atoms with Crippen molar-refractivity contribution < 1.29 is 13.2 Å². The Morgan fingerprint density at radius 2 is 2.19 bits per heavy atom. The molecule has 16 heavy (non-hydrogen) atoms. The van der Waals surface area contributed by atoms with Crippen molar-refractivity contribution in [3.05, 3.63) is 18.0 Å². The first kappa shape index (κ1) is 11.4. The topological polar surface area (TPSA) is 29.0 Å². The summed E-state index contributed by atoms with van der Waals surface area (Å²) in [5, 5.41) is -0.0434. The quantitative estimate of drug-likeness (QED) is 0.718. The predicted molar refractivity (Wildman–Crippen MR) is 53.5 cm³/mol. The predicted octanol–water partition coefficient (Wildman–Crippen LogP) is 2.31. The summed E-state index contributed by atoms with van der Waals surface area (Å²) >= 11 is 5.87. The van der Waals surface area contributed by atoms with Crippen LogP contribution in [0.3, 0.4) is 0 Å². The molecule has 2 rings (SSSR count). The van der Waals surface area contributed by atoms with Gasteiger partial charge in [0.1, 0.15) is 5.69 Å². The first-order chi connectivity index (χ1) is 7.47. The molecule has 0 saturated carbocycles. The van der Waals surface area contributed by atoms with Gasteiger partial charge in [-0.25, -0.2) is 9.97 Å². The lowest BCUT2D eigenvalue weighted by molar-refractivity contribution is -0.141. The minimum Gasteiger partial charge on any atom is -0.339 e. The van der Waals surface area contributed by atoms with Crippen LogP contribution in [0.25, 0.3) is 0 Å². The molecule has 1 saturated heterocycles. The van der Waals surface area contributed by atoms with Gasteiger partial charge in [0.15, 0.2) is 0 Å². The Morgan fingerprint density at radius 3 is 2.75 bits per heavy atom. The highest BCUT2D eigenvalue weighted by molar-refractivity contribution is 6.21. The number of alkyl halides is 4. The zero-order valence-electron chi connectivity index (χ0n) is 8.21. The fourth-order valence-corrected chi connectivity index (χ4v) is 1.82. The highest BCUT2D eigenvalue weighted by atomic mass is 35.5. The van der Waals surface area contributed by atoms with Gasteiger partial charge in [0, 0.05) is 19.3 Å². The summed E-state index contributed by atoms with van der Waals surface area (Å²) in [6.07, 6.45) is -2.58. The molecule has 3 nitrogen and oxygen atoms in total. The third-order valence-electron chi connectivity index (χ3n) is 2.35. The van der Waals surface area contributed by atoms with Crippen molar-refractivity contribution in [3.63, 3.8) is 0 Å². The molecule has 1 aliphatic rings. The van der Waals surface area contributed by atoms with E-state index in [1.54, 1.807) is 4.90 Å². The van der Waals surface area contributed by atoms with E-state index in [1.807, 2.05) is 0 Å². The van der Waals surface area contributed by atoms with Crippen LogP contribution in [-0.4, -0.2) is 28.4 Å². The number of rotatable bonds is 1. The van der Waals surface area contributed by atoms with Gasteiger partial charge in [0.25, 0.3) is 0 Å². The Labute approximate surface area is 95.2 Å². The normalized spacial score (nSPS) is 21.5. The summed E-state index contributed by atoms with van der Waals surface area (Å²) in [5.41, 5.74) is -0.921. The van der Waals surface area contributed by atoms with Crippen LogP contribution in [0.15, 0.2) is 12.3 Å². The first-order valence-corrected chi connectivity index (χ1v) is 5.20. The van der Waals surface area contributed by atoms with E-state index in [2.05, 4.69) is 9.97 Å². The van der Waals surface area contributed by atoms with E-state index in [-0.39, 0.29) is 11.3 Å². The lowest BCUT2D eigenvalue weighted by Gasteiger charge is -2.16. The molecule has 88 valence electrons. The van der Waals surface area contributed by atoms with Gasteiger partial charge in [-0.05, 0) is 12.5 Å². The maximum absolute atomic E-state index is 12.4. The molecule has 1 aliphatic heterocycles. The van der Waals surface area contributed by atoms with Gasteiger partial charge in [0.2, 0.25) is 5.95 Å². The Bertz CT molecular complexity index is 383. The lowest BCUT2D eigenvalue weighted by atomic mass is 10.4. The highest BCUT2D eigenvalue weighted by Crippen LogP contribution is 2.29. The molecule has 0 aliphatic carbocycles. The van der Waals surface area contributed by atoms with Crippen LogP contribution in [-0.2, 0) is 6.18 Å². The van der Waals surface area contributed by atoms with Crippen LogP contribution in [0.5, 0.6) is 0 Å². The number of nitrogens with zero attached hydrogens (tertiary/aromatic N) is 3. The van der Waals surface area contributed by atoms with Crippen LogP contribution in [0.4, 0.5) is 19.1 Å². The number of hydrogen-bond acceptors (Lipinski definition) is 3. The number of anilines is 1. The van der Waals surface area contributed by atoms with Crippen molar-refractivity contribution in [2.24, 2.45) is 0 Å². The molecular weight excluding hydrogens is 243 g/mol. The maximum Gasteiger partial charge on any atom is 0.433 e. The molecule has 0 N–H and O–H groups in total. The van der Waals surface area contributed by atoms with E-state index >= 15 is 0 Å². The zero-order valence-corrected chi connectivity index (χ0v) is 8.96. The summed E-state index contributed by atoms with van der Waals surface area (Å²) < 4.78 is 37.2. The van der Waals surface area contributed by atoms with Crippen molar-refractivity contribution in [2.45, 2.75) is 18.0 Å². The Balaban J connectivity index is 2.23. The average Bonchev–Trinajstić information content (AvgIpc) is 2.64. The monoisotopic (exact) mass is 251 g/mol. The Kier molecular flexibility index (Phi) is 2.92. The van der Waals surface area contributed by atoms with Crippen LogP contribution in [0, 0.1) is 0 Å². The van der Waals surface area contributed by atoms with Gasteiger partial charge in [-0.1, -0.05) is 0 Å². The van der Waals surface area contributed by atoms with Gasteiger partial charge in [-0.3, -0.25) is 0 Å². The van der Waals surface area contributed by atoms with Gasteiger partial charge >= 0.3 is 6.18 Å². The molecule has 1 aromatic heterocycles. The third kappa shape index (κ3) is 2.37. The fraction of sp³-hybridized carbons (Fsp3) is 0.556. The molecule has 1 fully saturated rings. The SMILES string of the molecule is FC(F)(F)c1ccnc(N2CCC(Cl)C2)n1. The van der Waals surface area contributed by atoms with E-state index in [1.165, 1.54) is 0 Å². The van der Waals surface area contributed by atoms with Crippen LogP contribution < -0.4 is 4.90 Å². The smallest absolute Gasteiger partial charge is 0.339 e. The minimum absolute atomic E-state index is 0.0434. The molecule has 2 heterocycles. The van der Waals surface area contributed by atoms with E-state index in [0.29, 0.717) is 13.1 Å². The molecule has 0 aromatic carbocycles. The third-order valence-corrected chi connectivity index (χ3v) is 2.70.